The van der Waals surface area contributed by atoms with Gasteiger partial charge in [0, 0.05) is 43.7 Å². The first kappa shape index (κ1) is 21.0. The molecule has 1 aliphatic heterocycles. The second-order valence-corrected chi connectivity index (χ2v) is 8.25. The van der Waals surface area contributed by atoms with Crippen LogP contribution in [0.3, 0.4) is 0 Å². The number of fused-ring (bicyclic) bond motifs is 1. The Balaban J connectivity index is 1.19. The summed E-state index contributed by atoms with van der Waals surface area (Å²) in [5.41, 5.74) is 1.70. The van der Waals surface area contributed by atoms with E-state index in [1.54, 1.807) is 15.9 Å². The lowest BCUT2D eigenvalue weighted by Gasteiger charge is -2.34. The average Bonchev–Trinajstić information content (AvgIpc) is 3.35. The minimum Gasteiger partial charge on any atom is -0.456 e. The molecule has 2 aromatic heterocycles. The van der Waals surface area contributed by atoms with Crippen molar-refractivity contribution < 1.29 is 19.1 Å². The van der Waals surface area contributed by atoms with E-state index >= 15 is 0 Å². The van der Waals surface area contributed by atoms with Crippen LogP contribution in [0, 0.1) is 0 Å². The lowest BCUT2D eigenvalue weighted by atomic mass is 10.1. The molecule has 4 rings (SSSR count). The molecule has 0 radical (unpaired) electrons. The lowest BCUT2D eigenvalue weighted by Crippen LogP contribution is -2.51. The van der Waals surface area contributed by atoms with Gasteiger partial charge in [-0.05, 0) is 23.6 Å². The molecule has 0 atom stereocenters. The van der Waals surface area contributed by atoms with E-state index in [4.69, 9.17) is 4.74 Å². The largest absolute Gasteiger partial charge is 0.456 e. The van der Waals surface area contributed by atoms with Gasteiger partial charge in [-0.1, -0.05) is 30.3 Å². The number of piperazine rings is 1. The minimum absolute atomic E-state index is 0.00386. The molecule has 8 heteroatoms. The van der Waals surface area contributed by atoms with Crippen LogP contribution in [0.1, 0.15) is 21.8 Å². The van der Waals surface area contributed by atoms with Gasteiger partial charge in [-0.25, -0.2) is 0 Å². The smallest absolute Gasteiger partial charge is 0.306 e. The van der Waals surface area contributed by atoms with E-state index in [1.807, 2.05) is 47.8 Å². The highest BCUT2D eigenvalue weighted by Crippen LogP contribution is 2.15. The van der Waals surface area contributed by atoms with Gasteiger partial charge >= 0.3 is 5.97 Å². The van der Waals surface area contributed by atoms with Crippen molar-refractivity contribution in [2.75, 3.05) is 32.8 Å². The molecule has 7 nitrogen and oxygen atoms in total. The van der Waals surface area contributed by atoms with Crippen LogP contribution in [0.2, 0.25) is 0 Å². The first-order valence-electron chi connectivity index (χ1n) is 10.2. The summed E-state index contributed by atoms with van der Waals surface area (Å²) < 4.78 is 5.16. The molecule has 3 aromatic rings. The summed E-state index contributed by atoms with van der Waals surface area (Å²) in [6.07, 6.45) is 0.628. The van der Waals surface area contributed by atoms with E-state index in [0.717, 1.165) is 16.6 Å². The molecule has 0 bridgehead atoms. The molecule has 0 N–H and O–H groups in total. The van der Waals surface area contributed by atoms with E-state index in [2.05, 4.69) is 4.98 Å². The Kier molecular flexibility index (Phi) is 6.57. The van der Waals surface area contributed by atoms with Gasteiger partial charge in [0.2, 0.25) is 0 Å². The van der Waals surface area contributed by atoms with Gasteiger partial charge in [-0.2, -0.15) is 0 Å². The Hall–Kier alpha value is -3.26. The first-order valence-corrected chi connectivity index (χ1v) is 11.1. The van der Waals surface area contributed by atoms with Crippen molar-refractivity contribution in [2.24, 2.45) is 0 Å². The van der Waals surface area contributed by atoms with Crippen LogP contribution in [-0.2, 0) is 20.7 Å². The molecule has 1 aromatic carbocycles. The van der Waals surface area contributed by atoms with E-state index < -0.39 is 5.97 Å². The van der Waals surface area contributed by atoms with E-state index in [9.17, 15) is 14.4 Å². The number of aryl methyl sites for hydroxylation is 1. The molecule has 0 spiro atoms. The number of carbonyl (C=O) groups is 3. The SMILES string of the molecule is O=C(CCc1ccc2ccccc2n1)OCC(=O)N1CCN(C(=O)c2cccs2)CC1. The van der Waals surface area contributed by atoms with Crippen molar-refractivity contribution in [3.63, 3.8) is 0 Å². The molecule has 1 saturated heterocycles. The third kappa shape index (κ3) is 5.27. The highest BCUT2D eigenvalue weighted by atomic mass is 32.1. The minimum atomic E-state index is -0.421. The van der Waals surface area contributed by atoms with Gasteiger partial charge in [0.1, 0.15) is 0 Å². The summed E-state index contributed by atoms with van der Waals surface area (Å²) in [5, 5.41) is 2.92. The monoisotopic (exact) mass is 437 g/mol. The number of ether oxygens (including phenoxy) is 1. The maximum atomic E-state index is 12.4. The number of para-hydroxylation sites is 1. The standard InChI is InChI=1S/C23H23N3O4S/c27-21(25-11-13-26(14-12-25)23(29)20-6-3-15-31-20)16-30-22(28)10-9-18-8-7-17-4-1-2-5-19(17)24-18/h1-8,15H,9-14,16H2. The van der Waals surface area contributed by atoms with Crippen molar-refractivity contribution in [3.8, 4) is 0 Å². The van der Waals surface area contributed by atoms with Gasteiger partial charge < -0.3 is 14.5 Å². The number of thiophene rings is 1. The quantitative estimate of drug-likeness (QED) is 0.554. The number of esters is 1. The average molecular weight is 438 g/mol. The van der Waals surface area contributed by atoms with Crippen LogP contribution in [0.5, 0.6) is 0 Å². The normalized spacial score (nSPS) is 13.9. The fourth-order valence-electron chi connectivity index (χ4n) is 3.50. The molecule has 3 heterocycles. The Morgan fingerprint density at radius 2 is 1.71 bits per heavy atom. The number of rotatable bonds is 6. The van der Waals surface area contributed by atoms with Crippen LogP contribution in [0.15, 0.2) is 53.9 Å². The molecular weight excluding hydrogens is 414 g/mol. The number of hydrogen-bond acceptors (Lipinski definition) is 6. The van der Waals surface area contributed by atoms with E-state index in [-0.39, 0.29) is 24.8 Å². The summed E-state index contributed by atoms with van der Waals surface area (Å²) in [4.78, 5) is 45.4. The van der Waals surface area contributed by atoms with E-state index in [1.165, 1.54) is 11.3 Å². The lowest BCUT2D eigenvalue weighted by molar-refractivity contribution is -0.152. The van der Waals surface area contributed by atoms with Crippen molar-refractivity contribution in [1.29, 1.82) is 0 Å². The summed E-state index contributed by atoms with van der Waals surface area (Å²) >= 11 is 1.41. The second kappa shape index (κ2) is 9.70. The van der Waals surface area contributed by atoms with Crippen LogP contribution in [0.4, 0.5) is 0 Å². The Labute approximate surface area is 184 Å². The fraction of sp³-hybridized carbons (Fsp3) is 0.304. The molecule has 1 fully saturated rings. The summed E-state index contributed by atoms with van der Waals surface area (Å²) in [6.45, 7) is 1.56. The van der Waals surface area contributed by atoms with E-state index in [0.29, 0.717) is 37.5 Å². The Bertz CT molecular complexity index is 1080. The molecule has 0 unspecified atom stereocenters. The zero-order chi connectivity index (χ0) is 21.6. The van der Waals surface area contributed by atoms with Gasteiger partial charge in [0.25, 0.3) is 11.8 Å². The second-order valence-electron chi connectivity index (χ2n) is 7.31. The maximum Gasteiger partial charge on any atom is 0.306 e. The molecule has 160 valence electrons. The number of aromatic nitrogens is 1. The topological polar surface area (TPSA) is 79.8 Å². The number of hydrogen-bond donors (Lipinski definition) is 0. The summed E-state index contributed by atoms with van der Waals surface area (Å²) in [5.74, 6) is -0.661. The van der Waals surface area contributed by atoms with Crippen molar-refractivity contribution in [1.82, 2.24) is 14.8 Å². The van der Waals surface area contributed by atoms with Crippen LogP contribution >= 0.6 is 11.3 Å². The van der Waals surface area contributed by atoms with Crippen molar-refractivity contribution in [2.45, 2.75) is 12.8 Å². The maximum absolute atomic E-state index is 12.4. The highest BCUT2D eigenvalue weighted by molar-refractivity contribution is 7.12. The predicted molar refractivity (Wildman–Crippen MR) is 118 cm³/mol. The predicted octanol–water partition coefficient (Wildman–Crippen LogP) is 2.76. The zero-order valence-corrected chi connectivity index (χ0v) is 17.8. The van der Waals surface area contributed by atoms with Crippen LogP contribution in [-0.4, -0.2) is 65.4 Å². The van der Waals surface area contributed by atoms with Gasteiger partial charge in [-0.3, -0.25) is 19.4 Å². The number of pyridine rings is 1. The molecule has 2 amide bonds. The Morgan fingerprint density at radius 3 is 2.48 bits per heavy atom. The number of benzene rings is 1. The third-order valence-corrected chi connectivity index (χ3v) is 6.11. The molecule has 0 aliphatic carbocycles. The van der Waals surface area contributed by atoms with Crippen LogP contribution in [0.25, 0.3) is 10.9 Å². The molecule has 31 heavy (non-hydrogen) atoms. The third-order valence-electron chi connectivity index (χ3n) is 5.25. The molecular formula is C23H23N3O4S. The number of carbonyl (C=O) groups excluding carboxylic acids is 3. The van der Waals surface area contributed by atoms with Gasteiger partial charge in [0.05, 0.1) is 16.8 Å². The number of nitrogens with zero attached hydrogens (tertiary/aromatic N) is 3. The summed E-state index contributed by atoms with van der Waals surface area (Å²) in [7, 11) is 0. The molecule has 0 saturated carbocycles. The van der Waals surface area contributed by atoms with Crippen molar-refractivity contribution in [3.05, 3.63) is 64.5 Å². The van der Waals surface area contributed by atoms with Gasteiger partial charge in [-0.15, -0.1) is 11.3 Å². The van der Waals surface area contributed by atoms with Gasteiger partial charge in [0.15, 0.2) is 6.61 Å². The fourth-order valence-corrected chi connectivity index (χ4v) is 4.19. The first-order chi connectivity index (χ1) is 15.1. The molecule has 1 aliphatic rings. The van der Waals surface area contributed by atoms with Crippen molar-refractivity contribution >= 4 is 40.0 Å². The zero-order valence-electron chi connectivity index (χ0n) is 17.0. The summed E-state index contributed by atoms with van der Waals surface area (Å²) in [6, 6.07) is 15.3. The number of amides is 2. The Morgan fingerprint density at radius 1 is 0.935 bits per heavy atom. The van der Waals surface area contributed by atoms with Crippen LogP contribution < -0.4 is 0 Å². The highest BCUT2D eigenvalue weighted by Gasteiger charge is 2.25.